The van der Waals surface area contributed by atoms with E-state index < -0.39 is 0 Å². The molecule has 2 aromatic rings. The van der Waals surface area contributed by atoms with Crippen LogP contribution >= 0.6 is 11.8 Å². The van der Waals surface area contributed by atoms with Crippen molar-refractivity contribution in [2.45, 2.75) is 50.7 Å². The van der Waals surface area contributed by atoms with Gasteiger partial charge in [0.15, 0.2) is 5.82 Å². The lowest BCUT2D eigenvalue weighted by Gasteiger charge is -2.19. The third-order valence-electron chi connectivity index (χ3n) is 3.55. The van der Waals surface area contributed by atoms with Gasteiger partial charge >= 0.3 is 0 Å². The van der Waals surface area contributed by atoms with Gasteiger partial charge in [-0.3, -0.25) is 4.79 Å². The van der Waals surface area contributed by atoms with Crippen LogP contribution in [0, 0.1) is 12.8 Å². The minimum absolute atomic E-state index is 0.0498. The number of aryl methyl sites for hydroxylation is 1. The second-order valence-corrected chi connectivity index (χ2v) is 7.53. The Hall–Kier alpha value is -1.75. The van der Waals surface area contributed by atoms with Crippen molar-refractivity contribution in [2.24, 2.45) is 5.92 Å². The third-order valence-corrected chi connectivity index (χ3v) is 5.11. The average Bonchev–Trinajstić information content (AvgIpc) is 2.89. The van der Waals surface area contributed by atoms with Crippen LogP contribution in [-0.2, 0) is 4.79 Å². The molecule has 124 valence electrons. The number of aromatic nitrogens is 1. The van der Waals surface area contributed by atoms with E-state index in [1.807, 2.05) is 13.8 Å². The average molecular weight is 332 g/mol. The summed E-state index contributed by atoms with van der Waals surface area (Å²) < 4.78 is 4.99. The predicted octanol–water partition coefficient (Wildman–Crippen LogP) is 4.86. The van der Waals surface area contributed by atoms with Crippen molar-refractivity contribution in [1.82, 2.24) is 5.16 Å². The number of carbonyl (C=O) groups excluding carboxylic acids is 1. The van der Waals surface area contributed by atoms with E-state index in [2.05, 4.69) is 48.6 Å². The molecule has 23 heavy (non-hydrogen) atoms. The Kier molecular flexibility index (Phi) is 5.88. The maximum absolute atomic E-state index is 12.5. The van der Waals surface area contributed by atoms with E-state index in [1.165, 1.54) is 5.56 Å². The summed E-state index contributed by atoms with van der Waals surface area (Å²) >= 11 is 1.58. The standard InChI is InChI=1S/C18H24N2O2S/c1-11(2)14-6-8-15(9-7-14)23-17(12(3)4)18(21)19-16-10-13(5)22-20-16/h6-12,17H,1-5H3,(H,19,20,21). The number of rotatable bonds is 6. The Balaban J connectivity index is 2.07. The largest absolute Gasteiger partial charge is 0.360 e. The fourth-order valence-corrected chi connectivity index (χ4v) is 3.22. The first-order valence-electron chi connectivity index (χ1n) is 7.87. The van der Waals surface area contributed by atoms with Crippen molar-refractivity contribution < 1.29 is 9.32 Å². The Morgan fingerprint density at radius 2 is 1.83 bits per heavy atom. The van der Waals surface area contributed by atoms with Gasteiger partial charge in [-0.05, 0) is 36.5 Å². The van der Waals surface area contributed by atoms with E-state index in [-0.39, 0.29) is 17.1 Å². The van der Waals surface area contributed by atoms with Crippen molar-refractivity contribution in [3.63, 3.8) is 0 Å². The van der Waals surface area contributed by atoms with Crippen molar-refractivity contribution in [1.29, 1.82) is 0 Å². The second kappa shape index (κ2) is 7.68. The molecule has 4 nitrogen and oxygen atoms in total. The Labute approximate surface area is 142 Å². The monoisotopic (exact) mass is 332 g/mol. The molecule has 0 aliphatic carbocycles. The smallest absolute Gasteiger partial charge is 0.239 e. The second-order valence-electron chi connectivity index (χ2n) is 6.32. The number of nitrogens with one attached hydrogen (secondary N) is 1. The van der Waals surface area contributed by atoms with Crippen LogP contribution in [-0.4, -0.2) is 16.3 Å². The van der Waals surface area contributed by atoms with Crippen LogP contribution in [0.25, 0.3) is 0 Å². The number of amides is 1. The van der Waals surface area contributed by atoms with Gasteiger partial charge in [0, 0.05) is 11.0 Å². The molecule has 0 saturated heterocycles. The van der Waals surface area contributed by atoms with Gasteiger partial charge in [0.1, 0.15) is 5.76 Å². The maximum Gasteiger partial charge on any atom is 0.239 e. The minimum atomic E-state index is -0.183. The first-order valence-corrected chi connectivity index (χ1v) is 8.75. The van der Waals surface area contributed by atoms with Crippen molar-refractivity contribution in [3.05, 3.63) is 41.7 Å². The molecule has 5 heteroatoms. The number of nitrogens with zero attached hydrogens (tertiary/aromatic N) is 1. The molecular formula is C18H24N2O2S. The molecule has 1 atom stereocenters. The summed E-state index contributed by atoms with van der Waals surface area (Å²) in [5.74, 6) is 1.81. The van der Waals surface area contributed by atoms with Gasteiger partial charge in [0.25, 0.3) is 0 Å². The molecule has 0 bridgehead atoms. The predicted molar refractivity (Wildman–Crippen MR) is 94.9 cm³/mol. The molecule has 1 aromatic carbocycles. The van der Waals surface area contributed by atoms with E-state index in [0.717, 1.165) is 4.90 Å². The lowest BCUT2D eigenvalue weighted by Crippen LogP contribution is -2.29. The van der Waals surface area contributed by atoms with Crippen molar-refractivity contribution >= 4 is 23.5 Å². The van der Waals surface area contributed by atoms with E-state index in [0.29, 0.717) is 17.5 Å². The first-order chi connectivity index (χ1) is 10.9. The highest BCUT2D eigenvalue weighted by molar-refractivity contribution is 8.00. The highest BCUT2D eigenvalue weighted by atomic mass is 32.2. The number of anilines is 1. The van der Waals surface area contributed by atoms with Crippen LogP contribution in [0.3, 0.4) is 0 Å². The first kappa shape index (κ1) is 17.6. The topological polar surface area (TPSA) is 55.1 Å². The summed E-state index contributed by atoms with van der Waals surface area (Å²) in [6.07, 6.45) is 0. The van der Waals surface area contributed by atoms with Gasteiger partial charge in [-0.2, -0.15) is 0 Å². The van der Waals surface area contributed by atoms with Gasteiger partial charge in [0.2, 0.25) is 5.91 Å². The Bertz CT molecular complexity index is 647. The Morgan fingerprint density at radius 1 is 1.17 bits per heavy atom. The van der Waals surface area contributed by atoms with Crippen LogP contribution in [0.15, 0.2) is 39.8 Å². The summed E-state index contributed by atoms with van der Waals surface area (Å²) in [5, 5.41) is 6.47. The number of carbonyl (C=O) groups is 1. The van der Waals surface area contributed by atoms with Crippen LogP contribution in [0.1, 0.15) is 44.9 Å². The molecule has 0 aliphatic rings. The summed E-state index contributed by atoms with van der Waals surface area (Å²) in [5.41, 5.74) is 1.30. The summed E-state index contributed by atoms with van der Waals surface area (Å²) in [4.78, 5) is 13.6. The molecule has 1 amide bonds. The molecule has 2 rings (SSSR count). The van der Waals surface area contributed by atoms with Gasteiger partial charge in [0.05, 0.1) is 5.25 Å². The molecule has 0 aliphatic heterocycles. The van der Waals surface area contributed by atoms with Gasteiger partial charge in [-0.1, -0.05) is 45.0 Å². The zero-order chi connectivity index (χ0) is 17.0. The van der Waals surface area contributed by atoms with E-state index >= 15 is 0 Å². The zero-order valence-corrected chi connectivity index (χ0v) is 15.1. The fourth-order valence-electron chi connectivity index (χ4n) is 2.19. The number of hydrogen-bond donors (Lipinski definition) is 1. The third kappa shape index (κ3) is 4.86. The van der Waals surface area contributed by atoms with Gasteiger partial charge in [-0.15, -0.1) is 11.8 Å². The lowest BCUT2D eigenvalue weighted by molar-refractivity contribution is -0.116. The lowest BCUT2D eigenvalue weighted by atomic mass is 10.0. The fraction of sp³-hybridized carbons (Fsp3) is 0.444. The molecule has 1 aromatic heterocycles. The molecule has 0 radical (unpaired) electrons. The van der Waals surface area contributed by atoms with E-state index in [9.17, 15) is 4.79 Å². The molecular weight excluding hydrogens is 308 g/mol. The molecule has 0 spiro atoms. The minimum Gasteiger partial charge on any atom is -0.360 e. The normalized spacial score (nSPS) is 12.7. The summed E-state index contributed by atoms with van der Waals surface area (Å²) in [7, 11) is 0. The number of hydrogen-bond acceptors (Lipinski definition) is 4. The number of benzene rings is 1. The van der Waals surface area contributed by atoms with E-state index in [4.69, 9.17) is 4.52 Å². The van der Waals surface area contributed by atoms with Crippen LogP contribution in [0.4, 0.5) is 5.82 Å². The molecule has 0 saturated carbocycles. The molecule has 0 fully saturated rings. The SMILES string of the molecule is Cc1cc(NC(=O)C(Sc2ccc(C(C)C)cc2)C(C)C)no1. The quantitative estimate of drug-likeness (QED) is 0.767. The molecule has 1 heterocycles. The van der Waals surface area contributed by atoms with Crippen LogP contribution in [0.2, 0.25) is 0 Å². The maximum atomic E-state index is 12.5. The van der Waals surface area contributed by atoms with E-state index in [1.54, 1.807) is 24.8 Å². The van der Waals surface area contributed by atoms with Crippen LogP contribution in [0.5, 0.6) is 0 Å². The zero-order valence-electron chi connectivity index (χ0n) is 14.3. The highest BCUT2D eigenvalue weighted by Crippen LogP contribution is 2.30. The summed E-state index contributed by atoms with van der Waals surface area (Å²) in [6.45, 7) is 10.2. The summed E-state index contributed by atoms with van der Waals surface area (Å²) in [6, 6.07) is 10.1. The number of thioether (sulfide) groups is 1. The molecule has 1 unspecified atom stereocenters. The Morgan fingerprint density at radius 3 is 2.30 bits per heavy atom. The van der Waals surface area contributed by atoms with Crippen molar-refractivity contribution in [2.75, 3.05) is 5.32 Å². The highest BCUT2D eigenvalue weighted by Gasteiger charge is 2.24. The van der Waals surface area contributed by atoms with Crippen molar-refractivity contribution in [3.8, 4) is 0 Å². The van der Waals surface area contributed by atoms with Gasteiger partial charge in [-0.25, -0.2) is 0 Å². The molecule has 1 N–H and O–H groups in total. The van der Waals surface area contributed by atoms with Gasteiger partial charge < -0.3 is 9.84 Å². The van der Waals surface area contributed by atoms with Crippen LogP contribution < -0.4 is 5.32 Å².